The van der Waals surface area contributed by atoms with Crippen LogP contribution in [0.25, 0.3) is 11.3 Å². The molecule has 18 heavy (non-hydrogen) atoms. The van der Waals surface area contributed by atoms with Crippen molar-refractivity contribution >= 4 is 5.97 Å². The quantitative estimate of drug-likeness (QED) is 0.899. The molecule has 0 saturated carbocycles. The van der Waals surface area contributed by atoms with Gasteiger partial charge in [0, 0.05) is 7.05 Å². The summed E-state index contributed by atoms with van der Waals surface area (Å²) in [4.78, 5) is 10.9. The summed E-state index contributed by atoms with van der Waals surface area (Å²) in [7, 11) is 1.75. The standard InChI is InChI=1S/C14H16N2O2/c1-3-4-10-5-7-11(8-6-10)13-9-12(14(17)18)15-16(13)2/h5-9H,3-4H2,1-2H3,(H,17,18). The first-order chi connectivity index (χ1) is 8.61. The largest absolute Gasteiger partial charge is 0.476 e. The number of rotatable bonds is 4. The first-order valence-corrected chi connectivity index (χ1v) is 5.98. The van der Waals surface area contributed by atoms with Crippen molar-refractivity contribution in [3.05, 3.63) is 41.6 Å². The molecule has 0 radical (unpaired) electrons. The first-order valence-electron chi connectivity index (χ1n) is 5.98. The third-order valence-corrected chi connectivity index (χ3v) is 2.89. The Morgan fingerprint density at radius 3 is 2.50 bits per heavy atom. The Hall–Kier alpha value is -2.10. The molecule has 0 aliphatic carbocycles. The molecule has 0 unspecified atom stereocenters. The highest BCUT2D eigenvalue weighted by Crippen LogP contribution is 2.20. The molecule has 1 aromatic carbocycles. The third-order valence-electron chi connectivity index (χ3n) is 2.89. The molecule has 94 valence electrons. The predicted octanol–water partition coefficient (Wildman–Crippen LogP) is 2.74. The van der Waals surface area contributed by atoms with Crippen LogP contribution < -0.4 is 0 Å². The molecule has 0 atom stereocenters. The lowest BCUT2D eigenvalue weighted by molar-refractivity contribution is 0.0689. The summed E-state index contributed by atoms with van der Waals surface area (Å²) < 4.78 is 1.60. The van der Waals surface area contributed by atoms with Crippen LogP contribution in [0.15, 0.2) is 30.3 Å². The maximum Gasteiger partial charge on any atom is 0.356 e. The maximum absolute atomic E-state index is 10.9. The van der Waals surface area contributed by atoms with Gasteiger partial charge in [-0.25, -0.2) is 4.79 Å². The Bertz CT molecular complexity index is 556. The highest BCUT2D eigenvalue weighted by atomic mass is 16.4. The van der Waals surface area contributed by atoms with Crippen LogP contribution in [0.5, 0.6) is 0 Å². The first kappa shape index (κ1) is 12.4. The van der Waals surface area contributed by atoms with Gasteiger partial charge in [0.2, 0.25) is 0 Å². The molecular weight excluding hydrogens is 228 g/mol. The number of nitrogens with zero attached hydrogens (tertiary/aromatic N) is 2. The number of benzene rings is 1. The van der Waals surface area contributed by atoms with Crippen molar-refractivity contribution in [3.8, 4) is 11.3 Å². The molecule has 4 nitrogen and oxygen atoms in total. The monoisotopic (exact) mass is 244 g/mol. The van der Waals surface area contributed by atoms with E-state index in [9.17, 15) is 4.79 Å². The fraction of sp³-hybridized carbons (Fsp3) is 0.286. The number of aromatic nitrogens is 2. The minimum Gasteiger partial charge on any atom is -0.476 e. The summed E-state index contributed by atoms with van der Waals surface area (Å²) in [6.07, 6.45) is 2.18. The van der Waals surface area contributed by atoms with E-state index in [0.29, 0.717) is 0 Å². The molecule has 1 aromatic heterocycles. The zero-order chi connectivity index (χ0) is 13.1. The van der Waals surface area contributed by atoms with Crippen molar-refractivity contribution in [2.24, 2.45) is 7.05 Å². The Morgan fingerprint density at radius 1 is 1.33 bits per heavy atom. The van der Waals surface area contributed by atoms with Crippen LogP contribution in [0.4, 0.5) is 0 Å². The van der Waals surface area contributed by atoms with Gasteiger partial charge in [0.25, 0.3) is 0 Å². The van der Waals surface area contributed by atoms with E-state index in [1.54, 1.807) is 17.8 Å². The molecule has 0 bridgehead atoms. The van der Waals surface area contributed by atoms with E-state index in [1.165, 1.54) is 5.56 Å². The number of carbonyl (C=O) groups is 1. The predicted molar refractivity (Wildman–Crippen MR) is 69.6 cm³/mol. The van der Waals surface area contributed by atoms with Crippen LogP contribution in [0.2, 0.25) is 0 Å². The summed E-state index contributed by atoms with van der Waals surface area (Å²) in [5.41, 5.74) is 3.17. The van der Waals surface area contributed by atoms with Crippen molar-refractivity contribution in [2.75, 3.05) is 0 Å². The Labute approximate surface area is 106 Å². The molecule has 4 heteroatoms. The van der Waals surface area contributed by atoms with Gasteiger partial charge in [-0.2, -0.15) is 5.10 Å². The Balaban J connectivity index is 2.33. The van der Waals surface area contributed by atoms with Gasteiger partial charge in [-0.05, 0) is 23.6 Å². The lowest BCUT2D eigenvalue weighted by atomic mass is 10.1. The molecule has 0 fully saturated rings. The van der Waals surface area contributed by atoms with Crippen LogP contribution in [-0.4, -0.2) is 20.9 Å². The average Bonchev–Trinajstić information content (AvgIpc) is 2.73. The topological polar surface area (TPSA) is 55.1 Å². The normalized spacial score (nSPS) is 10.6. The number of carboxylic acids is 1. The van der Waals surface area contributed by atoms with Crippen LogP contribution in [0.3, 0.4) is 0 Å². The minimum atomic E-state index is -1.00. The van der Waals surface area contributed by atoms with Crippen molar-refractivity contribution in [1.29, 1.82) is 0 Å². The number of hydrogen-bond acceptors (Lipinski definition) is 2. The molecule has 0 aliphatic heterocycles. The second-order valence-electron chi connectivity index (χ2n) is 4.29. The molecule has 2 rings (SSSR count). The molecule has 0 aliphatic rings. The fourth-order valence-corrected chi connectivity index (χ4v) is 1.97. The van der Waals surface area contributed by atoms with E-state index in [4.69, 9.17) is 5.11 Å². The molecule has 2 aromatic rings. The number of aryl methyl sites for hydroxylation is 2. The third kappa shape index (κ3) is 2.42. The summed E-state index contributed by atoms with van der Waals surface area (Å²) in [5.74, 6) is -1.00. The average molecular weight is 244 g/mol. The summed E-state index contributed by atoms with van der Waals surface area (Å²) in [6, 6.07) is 9.76. The van der Waals surface area contributed by atoms with Crippen LogP contribution in [0.1, 0.15) is 29.4 Å². The van der Waals surface area contributed by atoms with Gasteiger partial charge in [0.1, 0.15) is 0 Å². The van der Waals surface area contributed by atoms with E-state index in [0.717, 1.165) is 24.1 Å². The van der Waals surface area contributed by atoms with Gasteiger partial charge < -0.3 is 5.11 Å². The van der Waals surface area contributed by atoms with Crippen molar-refractivity contribution in [3.63, 3.8) is 0 Å². The lowest BCUT2D eigenvalue weighted by Crippen LogP contribution is -1.99. The van der Waals surface area contributed by atoms with Gasteiger partial charge in [-0.3, -0.25) is 4.68 Å². The molecule has 0 saturated heterocycles. The zero-order valence-corrected chi connectivity index (χ0v) is 10.6. The Kier molecular flexibility index (Phi) is 3.46. The SMILES string of the molecule is CCCc1ccc(-c2cc(C(=O)O)nn2C)cc1. The van der Waals surface area contributed by atoms with Gasteiger partial charge >= 0.3 is 5.97 Å². The van der Waals surface area contributed by atoms with Crippen LogP contribution in [0, 0.1) is 0 Å². The van der Waals surface area contributed by atoms with Crippen molar-refractivity contribution in [1.82, 2.24) is 9.78 Å². The smallest absolute Gasteiger partial charge is 0.356 e. The summed E-state index contributed by atoms with van der Waals surface area (Å²) in [6.45, 7) is 2.15. The number of hydrogen-bond donors (Lipinski definition) is 1. The zero-order valence-electron chi connectivity index (χ0n) is 10.6. The molecule has 0 spiro atoms. The number of aromatic carboxylic acids is 1. The number of carboxylic acid groups (broad SMARTS) is 1. The van der Waals surface area contributed by atoms with E-state index < -0.39 is 5.97 Å². The van der Waals surface area contributed by atoms with Crippen molar-refractivity contribution < 1.29 is 9.90 Å². The van der Waals surface area contributed by atoms with E-state index in [2.05, 4.69) is 24.2 Å². The van der Waals surface area contributed by atoms with Gasteiger partial charge in [0.15, 0.2) is 5.69 Å². The molecule has 0 amide bonds. The molecule has 1 N–H and O–H groups in total. The second kappa shape index (κ2) is 5.04. The lowest BCUT2D eigenvalue weighted by Gasteiger charge is -2.03. The van der Waals surface area contributed by atoms with E-state index >= 15 is 0 Å². The highest BCUT2D eigenvalue weighted by molar-refractivity contribution is 5.87. The van der Waals surface area contributed by atoms with Crippen LogP contribution in [-0.2, 0) is 13.5 Å². The summed E-state index contributed by atoms with van der Waals surface area (Å²) >= 11 is 0. The van der Waals surface area contributed by atoms with Crippen molar-refractivity contribution in [2.45, 2.75) is 19.8 Å². The van der Waals surface area contributed by atoms with Gasteiger partial charge in [-0.15, -0.1) is 0 Å². The van der Waals surface area contributed by atoms with Crippen LogP contribution >= 0.6 is 0 Å². The highest BCUT2D eigenvalue weighted by Gasteiger charge is 2.12. The maximum atomic E-state index is 10.9. The molecular formula is C14H16N2O2. The van der Waals surface area contributed by atoms with Gasteiger partial charge in [0.05, 0.1) is 5.69 Å². The van der Waals surface area contributed by atoms with E-state index in [-0.39, 0.29) is 5.69 Å². The van der Waals surface area contributed by atoms with E-state index in [1.807, 2.05) is 12.1 Å². The van der Waals surface area contributed by atoms with Gasteiger partial charge in [-0.1, -0.05) is 37.6 Å². The summed E-state index contributed by atoms with van der Waals surface area (Å²) in [5, 5.41) is 12.9. The fourth-order valence-electron chi connectivity index (χ4n) is 1.97. The Morgan fingerprint density at radius 2 is 2.00 bits per heavy atom. The molecule has 1 heterocycles. The minimum absolute atomic E-state index is 0.0742. The second-order valence-corrected chi connectivity index (χ2v) is 4.29.